The van der Waals surface area contributed by atoms with Crippen LogP contribution in [0, 0.1) is 5.92 Å². The van der Waals surface area contributed by atoms with E-state index in [1.807, 2.05) is 12.3 Å². The summed E-state index contributed by atoms with van der Waals surface area (Å²) in [5, 5.41) is 12.2. The maximum atomic E-state index is 6.28. The van der Waals surface area contributed by atoms with E-state index in [9.17, 15) is 0 Å². The molecule has 0 bridgehead atoms. The Labute approximate surface area is 131 Å². The number of hydrogen-bond acceptors (Lipinski definition) is 6. The number of halogens is 1. The van der Waals surface area contributed by atoms with Crippen molar-refractivity contribution in [1.82, 2.24) is 29.1 Å². The summed E-state index contributed by atoms with van der Waals surface area (Å²) in [6, 6.07) is 3.66. The Balaban J connectivity index is 1.88. The zero-order valence-electron chi connectivity index (χ0n) is 11.7. The van der Waals surface area contributed by atoms with Crippen LogP contribution in [0.3, 0.4) is 0 Å². The molecule has 110 valence electrons. The monoisotopic (exact) mass is 322 g/mol. The fraction of sp³-hybridized carbons (Fsp3) is 0.385. The van der Waals surface area contributed by atoms with Gasteiger partial charge in [0, 0.05) is 6.54 Å². The van der Waals surface area contributed by atoms with Gasteiger partial charge >= 0.3 is 0 Å². The highest BCUT2D eigenvalue weighted by Gasteiger charge is 2.13. The molecule has 0 aliphatic carbocycles. The molecule has 0 atom stereocenters. The van der Waals surface area contributed by atoms with E-state index < -0.39 is 0 Å². The molecular weight excluding hydrogens is 308 g/mol. The Kier molecular flexibility index (Phi) is 4.14. The first-order valence-corrected chi connectivity index (χ1v) is 7.79. The van der Waals surface area contributed by atoms with E-state index >= 15 is 0 Å². The first kappa shape index (κ1) is 14.4. The van der Waals surface area contributed by atoms with Crippen LogP contribution in [0.4, 0.5) is 0 Å². The average molecular weight is 323 g/mol. The molecule has 0 saturated carbocycles. The highest BCUT2D eigenvalue weighted by Crippen LogP contribution is 2.27. The van der Waals surface area contributed by atoms with Gasteiger partial charge in [-0.15, -0.1) is 5.10 Å². The molecule has 0 fully saturated rings. The molecule has 0 saturated heterocycles. The van der Waals surface area contributed by atoms with Gasteiger partial charge in [0.1, 0.15) is 16.7 Å². The predicted molar refractivity (Wildman–Crippen MR) is 83.9 cm³/mol. The minimum atomic E-state index is 0.585. The van der Waals surface area contributed by atoms with Crippen molar-refractivity contribution in [3.8, 4) is 5.69 Å². The van der Waals surface area contributed by atoms with Crippen molar-refractivity contribution in [2.45, 2.75) is 20.4 Å². The van der Waals surface area contributed by atoms with Gasteiger partial charge in [0.25, 0.3) is 0 Å². The second-order valence-corrected chi connectivity index (χ2v) is 6.14. The number of fused-ring (bicyclic) bond motifs is 1. The lowest BCUT2D eigenvalue weighted by atomic mass is 10.2. The van der Waals surface area contributed by atoms with Gasteiger partial charge in [-0.2, -0.15) is 8.75 Å². The Morgan fingerprint density at radius 1 is 1.33 bits per heavy atom. The summed E-state index contributed by atoms with van der Waals surface area (Å²) in [7, 11) is 0. The molecule has 1 aromatic carbocycles. The number of hydrogen-bond donors (Lipinski definition) is 1. The molecule has 2 aromatic heterocycles. The van der Waals surface area contributed by atoms with Crippen LogP contribution in [-0.2, 0) is 6.54 Å². The maximum absolute atomic E-state index is 6.28. The minimum absolute atomic E-state index is 0.585. The summed E-state index contributed by atoms with van der Waals surface area (Å²) in [5.74, 6) is 0.601. The highest BCUT2D eigenvalue weighted by atomic mass is 35.5. The van der Waals surface area contributed by atoms with Gasteiger partial charge in [0.2, 0.25) is 0 Å². The topological polar surface area (TPSA) is 68.5 Å². The first-order valence-electron chi connectivity index (χ1n) is 6.68. The molecule has 2 heterocycles. The quantitative estimate of drug-likeness (QED) is 0.782. The van der Waals surface area contributed by atoms with Crippen molar-refractivity contribution < 1.29 is 0 Å². The van der Waals surface area contributed by atoms with Gasteiger partial charge in [0.05, 0.1) is 28.6 Å². The van der Waals surface area contributed by atoms with Crippen LogP contribution in [0.1, 0.15) is 19.5 Å². The second-order valence-electron chi connectivity index (χ2n) is 5.21. The lowest BCUT2D eigenvalue weighted by Crippen LogP contribution is -2.19. The van der Waals surface area contributed by atoms with Crippen molar-refractivity contribution in [2.75, 3.05) is 6.54 Å². The SMILES string of the molecule is CC(C)CNCc1cn(-c2c(Cl)ccc3nsnc23)nn1. The zero-order chi connectivity index (χ0) is 14.8. The third kappa shape index (κ3) is 3.04. The molecule has 1 N–H and O–H groups in total. The van der Waals surface area contributed by atoms with Crippen LogP contribution >= 0.6 is 23.3 Å². The predicted octanol–water partition coefficient (Wildman–Crippen LogP) is 2.67. The van der Waals surface area contributed by atoms with E-state index in [1.54, 1.807) is 10.7 Å². The molecule has 21 heavy (non-hydrogen) atoms. The molecule has 0 aliphatic heterocycles. The smallest absolute Gasteiger partial charge is 0.132 e. The number of rotatable bonds is 5. The summed E-state index contributed by atoms with van der Waals surface area (Å²) in [5.41, 5.74) is 3.16. The van der Waals surface area contributed by atoms with Crippen molar-refractivity contribution in [3.63, 3.8) is 0 Å². The van der Waals surface area contributed by atoms with Crippen molar-refractivity contribution >= 4 is 34.4 Å². The highest BCUT2D eigenvalue weighted by molar-refractivity contribution is 7.00. The van der Waals surface area contributed by atoms with Crippen LogP contribution in [0.5, 0.6) is 0 Å². The molecule has 3 aromatic rings. The second kappa shape index (κ2) is 6.05. The molecule has 0 aliphatic rings. The summed E-state index contributed by atoms with van der Waals surface area (Å²) >= 11 is 7.44. The van der Waals surface area contributed by atoms with Crippen molar-refractivity contribution in [1.29, 1.82) is 0 Å². The van der Waals surface area contributed by atoms with Crippen LogP contribution in [-0.4, -0.2) is 30.3 Å². The molecule has 0 amide bonds. The normalized spacial score (nSPS) is 11.6. The van der Waals surface area contributed by atoms with Crippen LogP contribution in [0.15, 0.2) is 18.3 Å². The molecule has 0 radical (unpaired) electrons. The summed E-state index contributed by atoms with van der Waals surface area (Å²) < 4.78 is 10.2. The molecule has 6 nitrogen and oxygen atoms in total. The number of benzene rings is 1. The number of nitrogens with zero attached hydrogens (tertiary/aromatic N) is 5. The Morgan fingerprint density at radius 3 is 3.00 bits per heavy atom. The molecule has 0 unspecified atom stereocenters. The van der Waals surface area contributed by atoms with E-state index in [0.717, 1.165) is 40.7 Å². The first-order chi connectivity index (χ1) is 10.1. The summed E-state index contributed by atoms with van der Waals surface area (Å²) in [4.78, 5) is 0. The molecule has 8 heteroatoms. The van der Waals surface area contributed by atoms with E-state index in [4.69, 9.17) is 11.6 Å². The number of nitrogens with one attached hydrogen (secondary N) is 1. The van der Waals surface area contributed by atoms with Crippen LogP contribution in [0.25, 0.3) is 16.7 Å². The van der Waals surface area contributed by atoms with Gasteiger partial charge in [0.15, 0.2) is 0 Å². The Morgan fingerprint density at radius 2 is 2.19 bits per heavy atom. The van der Waals surface area contributed by atoms with E-state index in [2.05, 4.69) is 38.2 Å². The molecular formula is C13H15ClN6S. The van der Waals surface area contributed by atoms with Crippen molar-refractivity contribution in [3.05, 3.63) is 29.0 Å². The maximum Gasteiger partial charge on any atom is 0.132 e. The third-order valence-electron chi connectivity index (χ3n) is 2.98. The fourth-order valence-corrected chi connectivity index (χ4v) is 2.79. The summed E-state index contributed by atoms with van der Waals surface area (Å²) in [6.07, 6.45) is 1.87. The van der Waals surface area contributed by atoms with Gasteiger partial charge in [-0.25, -0.2) is 4.68 Å². The van der Waals surface area contributed by atoms with E-state index in [1.165, 1.54) is 0 Å². The Hall–Kier alpha value is -1.57. The summed E-state index contributed by atoms with van der Waals surface area (Å²) in [6.45, 7) is 5.96. The standard InChI is InChI=1S/C13H15ClN6S/c1-8(2)5-15-6-9-7-20(19-16-9)13-10(14)3-4-11-12(13)18-21-17-11/h3-4,7-8,15H,5-6H2,1-2H3. The van der Waals surface area contributed by atoms with Crippen LogP contribution in [0.2, 0.25) is 5.02 Å². The molecule has 3 rings (SSSR count). The molecule has 0 spiro atoms. The number of aromatic nitrogens is 5. The third-order valence-corrected chi connectivity index (χ3v) is 3.83. The largest absolute Gasteiger partial charge is 0.311 e. The fourth-order valence-electron chi connectivity index (χ4n) is 2.01. The zero-order valence-corrected chi connectivity index (χ0v) is 13.3. The average Bonchev–Trinajstić information content (AvgIpc) is 3.07. The van der Waals surface area contributed by atoms with E-state index in [-0.39, 0.29) is 0 Å². The van der Waals surface area contributed by atoms with Gasteiger partial charge < -0.3 is 5.32 Å². The lowest BCUT2D eigenvalue weighted by Gasteiger charge is -2.05. The lowest BCUT2D eigenvalue weighted by molar-refractivity contribution is 0.548. The van der Waals surface area contributed by atoms with Gasteiger partial charge in [-0.05, 0) is 24.6 Å². The van der Waals surface area contributed by atoms with Crippen molar-refractivity contribution in [2.24, 2.45) is 5.92 Å². The van der Waals surface area contributed by atoms with E-state index in [0.29, 0.717) is 17.5 Å². The van der Waals surface area contributed by atoms with Gasteiger partial charge in [-0.1, -0.05) is 30.7 Å². The Bertz CT molecular complexity index is 750. The van der Waals surface area contributed by atoms with Crippen LogP contribution < -0.4 is 5.32 Å². The minimum Gasteiger partial charge on any atom is -0.311 e. The van der Waals surface area contributed by atoms with Gasteiger partial charge in [-0.3, -0.25) is 0 Å².